The molecule has 0 saturated heterocycles. The summed E-state index contributed by atoms with van der Waals surface area (Å²) in [5.74, 6) is -0.00196. The molecule has 0 aromatic heterocycles. The molecule has 0 rings (SSSR count). The average molecular weight is 1270 g/mol. The van der Waals surface area contributed by atoms with Crippen LogP contribution < -0.4 is 5.32 Å². The molecule has 0 heterocycles. The van der Waals surface area contributed by atoms with Gasteiger partial charge in [-0.15, -0.1) is 0 Å². The number of carbonyl (C=O) groups is 2. The molecule has 0 fully saturated rings. The zero-order valence-corrected chi connectivity index (χ0v) is 61.4. The van der Waals surface area contributed by atoms with Crippen LogP contribution in [0.5, 0.6) is 0 Å². The molecule has 3 N–H and O–H groups in total. The summed E-state index contributed by atoms with van der Waals surface area (Å²) >= 11 is 0. The van der Waals surface area contributed by atoms with E-state index in [2.05, 4.69) is 43.5 Å². The Balaban J connectivity index is 3.32. The van der Waals surface area contributed by atoms with Gasteiger partial charge in [-0.1, -0.05) is 430 Å². The van der Waals surface area contributed by atoms with Crippen LogP contribution in [-0.2, 0) is 14.3 Å². The van der Waals surface area contributed by atoms with E-state index in [0.717, 1.165) is 44.9 Å². The minimum atomic E-state index is -0.662. The van der Waals surface area contributed by atoms with Gasteiger partial charge in [-0.3, -0.25) is 9.59 Å². The minimum Gasteiger partial charge on any atom is -0.466 e. The van der Waals surface area contributed by atoms with Gasteiger partial charge in [0.1, 0.15) is 0 Å². The number of ether oxygens (including phenoxy) is 1. The van der Waals surface area contributed by atoms with E-state index >= 15 is 0 Å². The number of rotatable bonds is 79. The van der Waals surface area contributed by atoms with Crippen molar-refractivity contribution in [3.05, 3.63) is 24.3 Å². The molecule has 1 amide bonds. The number of nitrogens with one attached hydrogen (secondary N) is 1. The van der Waals surface area contributed by atoms with Crippen LogP contribution >= 0.6 is 0 Å². The lowest BCUT2D eigenvalue weighted by atomic mass is 10.0. The quantitative estimate of drug-likeness (QED) is 0.0320. The van der Waals surface area contributed by atoms with Gasteiger partial charge in [-0.2, -0.15) is 0 Å². The second-order valence-corrected chi connectivity index (χ2v) is 28.8. The fourth-order valence-corrected chi connectivity index (χ4v) is 13.4. The molecule has 2 unspecified atom stereocenters. The van der Waals surface area contributed by atoms with Gasteiger partial charge in [0.2, 0.25) is 5.91 Å². The molecule has 0 bridgehead atoms. The highest BCUT2D eigenvalue weighted by atomic mass is 16.5. The third-order valence-electron chi connectivity index (χ3n) is 19.8. The summed E-state index contributed by atoms with van der Waals surface area (Å²) in [6.45, 7) is 5.01. The topological polar surface area (TPSA) is 95.9 Å². The molecule has 0 aromatic carbocycles. The van der Waals surface area contributed by atoms with E-state index in [1.807, 2.05) is 0 Å². The van der Waals surface area contributed by atoms with Crippen LogP contribution in [0.1, 0.15) is 476 Å². The second-order valence-electron chi connectivity index (χ2n) is 28.8. The van der Waals surface area contributed by atoms with Gasteiger partial charge >= 0.3 is 5.97 Å². The van der Waals surface area contributed by atoms with Crippen LogP contribution in [0.25, 0.3) is 0 Å². The highest BCUT2D eigenvalue weighted by Crippen LogP contribution is 2.20. The predicted octanol–water partition coefficient (Wildman–Crippen LogP) is 27.6. The highest BCUT2D eigenvalue weighted by Gasteiger charge is 2.20. The Bertz CT molecular complexity index is 1410. The molecule has 0 radical (unpaired) electrons. The maximum atomic E-state index is 12.5. The number of amides is 1. The molecule has 0 aliphatic heterocycles. The van der Waals surface area contributed by atoms with E-state index in [1.54, 1.807) is 0 Å². The van der Waals surface area contributed by atoms with E-state index in [4.69, 9.17) is 4.74 Å². The monoisotopic (exact) mass is 1270 g/mol. The first-order valence-corrected chi connectivity index (χ1v) is 41.6. The fourth-order valence-electron chi connectivity index (χ4n) is 13.4. The average Bonchev–Trinajstić information content (AvgIpc) is 3.68. The number of allylic oxidation sites excluding steroid dienone is 4. The van der Waals surface area contributed by atoms with Crippen LogP contribution in [0, 0.1) is 0 Å². The van der Waals surface area contributed by atoms with E-state index in [1.165, 1.54) is 398 Å². The minimum absolute atomic E-state index is 0.0262. The lowest BCUT2D eigenvalue weighted by Crippen LogP contribution is -2.45. The standard InChI is InChI=1S/C84H163NO5/c1-3-5-7-9-11-13-15-17-19-20-42-46-50-54-58-62-66-70-74-78-84(89)90-79-75-71-67-63-59-55-51-47-44-41-39-37-35-33-31-29-27-25-23-21-22-24-26-28-30-32-34-36-38-40-43-45-49-53-57-61-65-69-73-77-83(88)85-81(80-86)82(87)76-72-68-64-60-56-52-48-18-16-14-12-10-8-6-4-2/h21-22,25,27,81-82,86-87H,3-20,23-24,26,28-80H2,1-2H3,(H,85,88)/b22-21-,27-25-. The summed E-state index contributed by atoms with van der Waals surface area (Å²) in [7, 11) is 0. The zero-order valence-electron chi connectivity index (χ0n) is 61.4. The van der Waals surface area contributed by atoms with Crippen LogP contribution in [0.4, 0.5) is 0 Å². The van der Waals surface area contributed by atoms with Gasteiger partial charge < -0.3 is 20.3 Å². The number of aliphatic hydroxyl groups is 2. The van der Waals surface area contributed by atoms with Gasteiger partial charge in [0.05, 0.1) is 25.4 Å². The van der Waals surface area contributed by atoms with Crippen LogP contribution in [0.2, 0.25) is 0 Å². The second kappa shape index (κ2) is 79.8. The number of carbonyl (C=O) groups excluding carboxylic acids is 2. The molecule has 2 atom stereocenters. The van der Waals surface area contributed by atoms with Crippen LogP contribution in [-0.4, -0.2) is 47.4 Å². The van der Waals surface area contributed by atoms with E-state index < -0.39 is 12.1 Å². The molecule has 0 aliphatic carbocycles. The molecular weight excluding hydrogens is 1100 g/mol. The van der Waals surface area contributed by atoms with Crippen molar-refractivity contribution in [1.29, 1.82) is 0 Å². The van der Waals surface area contributed by atoms with E-state index in [-0.39, 0.29) is 18.5 Å². The van der Waals surface area contributed by atoms with Gasteiger partial charge in [0, 0.05) is 12.8 Å². The Hall–Kier alpha value is -1.66. The van der Waals surface area contributed by atoms with Crippen molar-refractivity contribution in [1.82, 2.24) is 5.32 Å². The molecule has 0 spiro atoms. The summed E-state index contributed by atoms with van der Waals surface area (Å²) in [4.78, 5) is 24.7. The van der Waals surface area contributed by atoms with Crippen LogP contribution in [0.3, 0.4) is 0 Å². The predicted molar refractivity (Wildman–Crippen MR) is 398 cm³/mol. The third kappa shape index (κ3) is 75.4. The number of unbranched alkanes of at least 4 members (excludes halogenated alkanes) is 64. The SMILES string of the molecule is CCCCCCCCCCCCCCCCCCCCCC(=O)OCCCCCCCCCCCCCCCCC/C=C\C/C=C\CCCCCCCCCCCCCCCCCCCC(=O)NC(CO)C(O)CCCCCCCCCCCCCCCCC. The molecule has 0 aliphatic rings. The first kappa shape index (κ1) is 88.3. The summed E-state index contributed by atoms with van der Waals surface area (Å²) < 4.78 is 5.52. The Morgan fingerprint density at radius 3 is 0.844 bits per heavy atom. The van der Waals surface area contributed by atoms with Gasteiger partial charge in [-0.05, 0) is 57.8 Å². The maximum Gasteiger partial charge on any atom is 0.305 e. The lowest BCUT2D eigenvalue weighted by Gasteiger charge is -2.22. The number of hydrogen-bond acceptors (Lipinski definition) is 5. The maximum absolute atomic E-state index is 12.5. The summed E-state index contributed by atoms with van der Waals surface area (Å²) in [5.41, 5.74) is 0. The van der Waals surface area contributed by atoms with Crippen molar-refractivity contribution >= 4 is 11.9 Å². The van der Waals surface area contributed by atoms with Crippen molar-refractivity contribution in [3.63, 3.8) is 0 Å². The Morgan fingerprint density at radius 1 is 0.311 bits per heavy atom. The number of hydrogen-bond donors (Lipinski definition) is 3. The number of aliphatic hydroxyl groups excluding tert-OH is 2. The largest absolute Gasteiger partial charge is 0.466 e. The molecular formula is C84H163NO5. The van der Waals surface area contributed by atoms with Crippen LogP contribution in [0.15, 0.2) is 24.3 Å². The summed E-state index contributed by atoms with van der Waals surface area (Å²) in [5, 5.41) is 23.4. The molecule has 0 aromatic rings. The molecule has 6 nitrogen and oxygen atoms in total. The van der Waals surface area contributed by atoms with Crippen molar-refractivity contribution < 1.29 is 24.5 Å². The van der Waals surface area contributed by atoms with E-state index in [0.29, 0.717) is 25.9 Å². The number of esters is 1. The van der Waals surface area contributed by atoms with E-state index in [9.17, 15) is 19.8 Å². The van der Waals surface area contributed by atoms with Gasteiger partial charge in [0.15, 0.2) is 0 Å². The van der Waals surface area contributed by atoms with Crippen molar-refractivity contribution in [2.45, 2.75) is 488 Å². The molecule has 0 saturated carbocycles. The fraction of sp³-hybridized carbons (Fsp3) is 0.929. The van der Waals surface area contributed by atoms with Crippen molar-refractivity contribution in [3.8, 4) is 0 Å². The highest BCUT2D eigenvalue weighted by molar-refractivity contribution is 5.76. The normalized spacial score (nSPS) is 12.5. The molecule has 6 heteroatoms. The Morgan fingerprint density at radius 2 is 0.556 bits per heavy atom. The first-order valence-electron chi connectivity index (χ1n) is 41.6. The zero-order chi connectivity index (χ0) is 64.9. The Labute approximate surface area is 564 Å². The van der Waals surface area contributed by atoms with Crippen molar-refractivity contribution in [2.24, 2.45) is 0 Å². The molecule has 90 heavy (non-hydrogen) atoms. The summed E-state index contributed by atoms with van der Waals surface area (Å²) in [6, 6.07) is -0.539. The lowest BCUT2D eigenvalue weighted by molar-refractivity contribution is -0.143. The molecule has 534 valence electrons. The smallest absolute Gasteiger partial charge is 0.305 e. The summed E-state index contributed by atoms with van der Waals surface area (Å²) in [6.07, 6.45) is 103. The van der Waals surface area contributed by atoms with Gasteiger partial charge in [-0.25, -0.2) is 0 Å². The first-order chi connectivity index (χ1) is 44.5. The Kier molecular flexibility index (Phi) is 78.3. The van der Waals surface area contributed by atoms with Crippen molar-refractivity contribution in [2.75, 3.05) is 13.2 Å². The van der Waals surface area contributed by atoms with Gasteiger partial charge in [0.25, 0.3) is 0 Å². The third-order valence-corrected chi connectivity index (χ3v) is 19.8.